The highest BCUT2D eigenvalue weighted by Crippen LogP contribution is 2.29. The second-order valence-electron chi connectivity index (χ2n) is 10.7. The fourth-order valence-electron chi connectivity index (χ4n) is 4.16. The first-order valence-corrected chi connectivity index (χ1v) is 13.5. The van der Waals surface area contributed by atoms with E-state index in [9.17, 15) is 4.79 Å². The molecular formula is C28H36ClN9O2. The number of likely N-dealkylation sites (N-methyl/N-ethyl adjacent to an activating group) is 1. The Hall–Kier alpha value is -3.96. The molecular weight excluding hydrogens is 530 g/mol. The van der Waals surface area contributed by atoms with Crippen molar-refractivity contribution in [1.29, 1.82) is 0 Å². The summed E-state index contributed by atoms with van der Waals surface area (Å²) in [7, 11) is 1.95. The fourth-order valence-corrected chi connectivity index (χ4v) is 4.32. The number of hydrogen-bond acceptors (Lipinski definition) is 9. The fraction of sp³-hybridized carbons (Fsp3) is 0.393. The lowest BCUT2D eigenvalue weighted by Gasteiger charge is -2.22. The molecule has 1 amide bonds. The molecule has 0 atom stereocenters. The third-order valence-corrected chi connectivity index (χ3v) is 6.83. The molecule has 1 fully saturated rings. The topological polar surface area (TPSA) is 138 Å². The number of amides is 1. The number of hydrogen-bond donors (Lipinski definition) is 3. The lowest BCUT2D eigenvalue weighted by atomic mass is 9.93. The van der Waals surface area contributed by atoms with E-state index in [1.54, 1.807) is 30.5 Å². The van der Waals surface area contributed by atoms with Crippen LogP contribution in [0.1, 0.15) is 55.4 Å². The van der Waals surface area contributed by atoms with Gasteiger partial charge in [0.25, 0.3) is 5.91 Å². The van der Waals surface area contributed by atoms with Crippen molar-refractivity contribution in [1.82, 2.24) is 20.0 Å². The second kappa shape index (κ2) is 12.5. The standard InChI is InChI=1S/C28H36ClN9O2/c1-6-31-21-17-32-27(37(5)13-14-38-11-7-8-12-38)35-24(21)25(30)33-20-15-18(9-10-19(20)29)26(39)34-23-16-22(40-36-23)28(2,3)4/h6,9-10,15-17,31H,1,7-8,11-14H2,2-5H3,(H2,30,33)(H,34,36,39). The summed E-state index contributed by atoms with van der Waals surface area (Å²) in [6, 6.07) is 6.45. The monoisotopic (exact) mass is 565 g/mol. The number of anilines is 3. The molecule has 1 aromatic carbocycles. The van der Waals surface area contributed by atoms with E-state index in [1.165, 1.54) is 19.0 Å². The van der Waals surface area contributed by atoms with Crippen LogP contribution < -0.4 is 21.3 Å². The number of aliphatic imine (C=N–C) groups is 1. The largest absolute Gasteiger partial charge is 0.382 e. The van der Waals surface area contributed by atoms with Crippen LogP contribution in [0.25, 0.3) is 0 Å². The van der Waals surface area contributed by atoms with Crippen LogP contribution in [-0.2, 0) is 5.41 Å². The van der Waals surface area contributed by atoms with Gasteiger partial charge in [-0.2, -0.15) is 0 Å². The minimum Gasteiger partial charge on any atom is -0.382 e. The molecule has 11 nitrogen and oxygen atoms in total. The first-order valence-electron chi connectivity index (χ1n) is 13.2. The number of nitrogens with zero attached hydrogens (tertiary/aromatic N) is 6. The molecule has 0 saturated carbocycles. The lowest BCUT2D eigenvalue weighted by Crippen LogP contribution is -2.32. The van der Waals surface area contributed by atoms with Gasteiger partial charge in [-0.1, -0.05) is 44.1 Å². The van der Waals surface area contributed by atoms with E-state index in [2.05, 4.69) is 42.2 Å². The maximum Gasteiger partial charge on any atom is 0.256 e. The Morgan fingerprint density at radius 3 is 2.73 bits per heavy atom. The van der Waals surface area contributed by atoms with Crippen LogP contribution in [-0.4, -0.2) is 65.0 Å². The Labute approximate surface area is 239 Å². The van der Waals surface area contributed by atoms with Gasteiger partial charge in [-0.3, -0.25) is 4.79 Å². The molecule has 40 heavy (non-hydrogen) atoms. The SMILES string of the molecule is C=CNc1cnc(N(C)CCN2CCCC2)nc1C(N)=Nc1cc(C(=O)Nc2cc(C(C)(C)C)on2)ccc1Cl. The molecule has 212 valence electrons. The van der Waals surface area contributed by atoms with E-state index in [-0.39, 0.29) is 11.3 Å². The molecule has 4 N–H and O–H groups in total. The van der Waals surface area contributed by atoms with Gasteiger partial charge in [0, 0.05) is 37.2 Å². The summed E-state index contributed by atoms with van der Waals surface area (Å²) >= 11 is 6.43. The Kier molecular flexibility index (Phi) is 9.06. The maximum absolute atomic E-state index is 12.9. The molecule has 2 aromatic heterocycles. The first kappa shape index (κ1) is 29.0. The lowest BCUT2D eigenvalue weighted by molar-refractivity contribution is 0.102. The van der Waals surface area contributed by atoms with Crippen molar-refractivity contribution < 1.29 is 9.32 Å². The van der Waals surface area contributed by atoms with Gasteiger partial charge >= 0.3 is 0 Å². The first-order chi connectivity index (χ1) is 19.0. The third kappa shape index (κ3) is 7.16. The Morgan fingerprint density at radius 2 is 2.05 bits per heavy atom. The van der Waals surface area contributed by atoms with Crippen LogP contribution in [0.2, 0.25) is 5.02 Å². The molecule has 0 aliphatic carbocycles. The number of halogens is 1. The predicted octanol–water partition coefficient (Wildman–Crippen LogP) is 4.79. The highest BCUT2D eigenvalue weighted by Gasteiger charge is 2.21. The third-order valence-electron chi connectivity index (χ3n) is 6.51. The Balaban J connectivity index is 1.56. The van der Waals surface area contributed by atoms with Gasteiger partial charge in [0.05, 0.1) is 22.6 Å². The van der Waals surface area contributed by atoms with E-state index in [4.69, 9.17) is 21.9 Å². The van der Waals surface area contributed by atoms with Crippen molar-refractivity contribution in [3.8, 4) is 0 Å². The number of nitrogens with two attached hydrogens (primary N) is 1. The van der Waals surface area contributed by atoms with Crippen LogP contribution in [0.3, 0.4) is 0 Å². The van der Waals surface area contributed by atoms with Crippen LogP contribution in [0.5, 0.6) is 0 Å². The van der Waals surface area contributed by atoms with Crippen molar-refractivity contribution in [2.24, 2.45) is 10.7 Å². The summed E-state index contributed by atoms with van der Waals surface area (Å²) in [6.07, 6.45) is 5.63. The molecule has 1 aliphatic rings. The summed E-state index contributed by atoms with van der Waals surface area (Å²) in [5.74, 6) is 1.21. The summed E-state index contributed by atoms with van der Waals surface area (Å²) in [5.41, 5.74) is 7.77. The molecule has 0 bridgehead atoms. The number of likely N-dealkylation sites (tertiary alicyclic amines) is 1. The van der Waals surface area contributed by atoms with Gasteiger partial charge in [-0.05, 0) is 50.3 Å². The highest BCUT2D eigenvalue weighted by molar-refractivity contribution is 6.33. The van der Waals surface area contributed by atoms with Crippen molar-refractivity contribution in [2.45, 2.75) is 39.0 Å². The molecule has 1 aliphatic heterocycles. The smallest absolute Gasteiger partial charge is 0.256 e. The number of rotatable bonds is 10. The number of nitrogens with one attached hydrogen (secondary N) is 2. The van der Waals surface area contributed by atoms with E-state index in [0.717, 1.165) is 26.2 Å². The van der Waals surface area contributed by atoms with E-state index >= 15 is 0 Å². The zero-order valence-electron chi connectivity index (χ0n) is 23.4. The molecule has 1 saturated heterocycles. The molecule has 3 aromatic rings. The molecule has 0 radical (unpaired) electrons. The van der Waals surface area contributed by atoms with Gasteiger partial charge in [-0.25, -0.2) is 15.0 Å². The predicted molar refractivity (Wildman–Crippen MR) is 160 cm³/mol. The van der Waals surface area contributed by atoms with Gasteiger partial charge in [0.1, 0.15) is 11.5 Å². The van der Waals surface area contributed by atoms with E-state index in [0.29, 0.717) is 45.2 Å². The van der Waals surface area contributed by atoms with Crippen molar-refractivity contribution in [3.63, 3.8) is 0 Å². The second-order valence-corrected chi connectivity index (χ2v) is 11.1. The Morgan fingerprint density at radius 1 is 1.30 bits per heavy atom. The number of benzene rings is 1. The van der Waals surface area contributed by atoms with E-state index < -0.39 is 5.91 Å². The van der Waals surface area contributed by atoms with Gasteiger partial charge in [0.2, 0.25) is 5.95 Å². The normalized spacial score (nSPS) is 14.3. The molecule has 12 heteroatoms. The van der Waals surface area contributed by atoms with Gasteiger partial charge in [0.15, 0.2) is 11.7 Å². The zero-order valence-corrected chi connectivity index (χ0v) is 24.1. The van der Waals surface area contributed by atoms with Crippen LogP contribution in [0.15, 0.2) is 52.8 Å². The summed E-state index contributed by atoms with van der Waals surface area (Å²) in [5, 5.41) is 10.0. The molecule has 3 heterocycles. The van der Waals surface area contributed by atoms with Crippen molar-refractivity contribution >= 4 is 46.5 Å². The summed E-state index contributed by atoms with van der Waals surface area (Å²) in [4.78, 5) is 31.1. The number of carbonyl (C=O) groups excluding carboxylic acids is 1. The average molecular weight is 566 g/mol. The average Bonchev–Trinajstić information content (AvgIpc) is 3.61. The summed E-state index contributed by atoms with van der Waals surface area (Å²) < 4.78 is 5.35. The number of carbonyl (C=O) groups is 1. The van der Waals surface area contributed by atoms with Crippen LogP contribution in [0, 0.1) is 0 Å². The van der Waals surface area contributed by atoms with Crippen molar-refractivity contribution in [3.05, 3.63) is 65.3 Å². The highest BCUT2D eigenvalue weighted by atomic mass is 35.5. The molecule has 4 rings (SSSR count). The molecule has 0 unspecified atom stereocenters. The zero-order chi connectivity index (χ0) is 28.9. The quantitative estimate of drug-likeness (QED) is 0.234. The minimum absolute atomic E-state index is 0.103. The number of amidine groups is 1. The van der Waals surface area contributed by atoms with Gasteiger partial charge in [-0.15, -0.1) is 0 Å². The summed E-state index contributed by atoms with van der Waals surface area (Å²) in [6.45, 7) is 13.7. The van der Waals surface area contributed by atoms with Gasteiger partial charge < -0.3 is 30.7 Å². The van der Waals surface area contributed by atoms with Crippen LogP contribution in [0.4, 0.5) is 23.1 Å². The molecule has 0 spiro atoms. The number of aromatic nitrogens is 3. The maximum atomic E-state index is 12.9. The Bertz CT molecular complexity index is 1390. The van der Waals surface area contributed by atoms with Crippen LogP contribution >= 0.6 is 11.6 Å². The van der Waals surface area contributed by atoms with E-state index in [1.807, 2.05) is 32.7 Å². The van der Waals surface area contributed by atoms with Crippen molar-refractivity contribution in [2.75, 3.05) is 48.8 Å². The minimum atomic E-state index is -0.390.